The van der Waals surface area contributed by atoms with Gasteiger partial charge in [-0.2, -0.15) is 0 Å². The maximum Gasteiger partial charge on any atom is 0.146 e. The van der Waals surface area contributed by atoms with Gasteiger partial charge in [-0.05, 0) is 0 Å². The normalized spacial score (nSPS) is 8.29. The molecule has 7 N–H and O–H groups in total. The number of aliphatic hydroxyl groups excluding tert-OH is 2. The molecule has 0 amide bonds. The van der Waals surface area contributed by atoms with Crippen LogP contribution in [0.15, 0.2) is 0 Å². The minimum Gasteiger partial charge on any atom is -0.457 e. The molecule has 0 rings (SSSR count). The van der Waals surface area contributed by atoms with Crippen molar-refractivity contribution in [1.82, 2.24) is 11.0 Å². The lowest BCUT2D eigenvalue weighted by atomic mass is 10.8. The molecule has 0 unspecified atom stereocenters. The lowest BCUT2D eigenvalue weighted by molar-refractivity contribution is -0.0625. The van der Waals surface area contributed by atoms with Crippen LogP contribution in [0.25, 0.3) is 0 Å². The molecule has 0 radical (unpaired) electrons. The third-order valence-electron chi connectivity index (χ3n) is 1.24. The van der Waals surface area contributed by atoms with E-state index >= 15 is 0 Å². The van der Waals surface area contributed by atoms with E-state index in [4.69, 9.17) is 19.8 Å². The van der Waals surface area contributed by atoms with Crippen LogP contribution >= 0.6 is 0 Å². The Hall–Kier alpha value is -0.400. The van der Waals surface area contributed by atoms with Crippen molar-refractivity contribution < 1.29 is 39.6 Å². The van der Waals surface area contributed by atoms with E-state index in [0.29, 0.717) is 33.2 Å². The van der Waals surface area contributed by atoms with E-state index in [1.165, 1.54) is 0 Å². The smallest absolute Gasteiger partial charge is 0.146 e. The molecule has 0 bridgehead atoms. The Bertz CT molecular complexity index is 112. The van der Waals surface area contributed by atoms with Gasteiger partial charge < -0.3 is 29.9 Å². The summed E-state index contributed by atoms with van der Waals surface area (Å²) in [4.78, 5) is 9.40. The van der Waals surface area contributed by atoms with Gasteiger partial charge in [0, 0.05) is 28.3 Å². The van der Waals surface area contributed by atoms with Gasteiger partial charge in [-0.1, -0.05) is 7.43 Å². The highest BCUT2D eigenvalue weighted by atomic mass is 16.7. The molecule has 0 saturated carbocycles. The number of aliphatic hydroxyl groups is 2. The van der Waals surface area contributed by atoms with Crippen molar-refractivity contribution in [1.29, 1.82) is 0 Å². The first-order chi connectivity index (χ1) is 9.33. The van der Waals surface area contributed by atoms with Crippen molar-refractivity contribution in [3.05, 3.63) is 0 Å². The third kappa shape index (κ3) is 54.0. The zero-order valence-corrected chi connectivity index (χ0v) is 12.8. The van der Waals surface area contributed by atoms with Crippen LogP contribution in [-0.4, -0.2) is 78.5 Å². The standard InChI is InChI=1S/C5H13NO3.C4H11NO3.CH4O.CH4.H2O/c1-6-9-4-3-8-5-7-2;1-5-8-3-2-7-4-6;1-2;;/h6H,3-5H2,1-2H3;5-6H,2-4H2,1H3;2H,1H3;1H4;1H2/p+1. The molecule has 0 spiro atoms. The summed E-state index contributed by atoms with van der Waals surface area (Å²) in [6.45, 7) is 2.04. The fourth-order valence-electron chi connectivity index (χ4n) is 0.612. The van der Waals surface area contributed by atoms with E-state index in [2.05, 4.69) is 25.3 Å². The summed E-state index contributed by atoms with van der Waals surface area (Å²) in [5.41, 5.74) is 4.99. The highest BCUT2D eigenvalue weighted by Gasteiger charge is 1.84. The molecule has 0 fully saturated rings. The molecule has 0 heterocycles. The second-order valence-corrected chi connectivity index (χ2v) is 2.46. The zero-order valence-electron chi connectivity index (χ0n) is 12.8. The van der Waals surface area contributed by atoms with Gasteiger partial charge in [-0.15, -0.1) is 0 Å². The van der Waals surface area contributed by atoms with Crippen LogP contribution in [0, 0.1) is 0 Å². The fourth-order valence-corrected chi connectivity index (χ4v) is 0.612. The molecule has 10 nitrogen and oxygen atoms in total. The molecule has 0 aromatic carbocycles. The Morgan fingerprint density at radius 1 is 0.857 bits per heavy atom. The van der Waals surface area contributed by atoms with Crippen LogP contribution in [-0.2, 0) is 29.4 Å². The van der Waals surface area contributed by atoms with Gasteiger partial charge >= 0.3 is 0 Å². The fraction of sp³-hybridized carbons (Fsp3) is 1.00. The van der Waals surface area contributed by atoms with E-state index in [1.807, 2.05) is 0 Å². The number of nitrogens with one attached hydrogen (secondary N) is 2. The van der Waals surface area contributed by atoms with E-state index in [9.17, 15) is 0 Å². The maximum absolute atomic E-state index is 8.07. The van der Waals surface area contributed by atoms with E-state index in [-0.39, 0.29) is 19.7 Å². The Morgan fingerprint density at radius 3 is 1.62 bits per heavy atom. The monoisotopic (exact) mass is 323 g/mol. The van der Waals surface area contributed by atoms with Crippen molar-refractivity contribution >= 4 is 0 Å². The molecule has 10 heteroatoms. The molecule has 0 saturated heterocycles. The van der Waals surface area contributed by atoms with Crippen LogP contribution in [0.3, 0.4) is 0 Å². The van der Waals surface area contributed by atoms with Gasteiger partial charge in [0.15, 0.2) is 0 Å². The number of hydroxylamine groups is 2. The second-order valence-electron chi connectivity index (χ2n) is 2.46. The minimum atomic E-state index is -0.243. The Kier molecular flexibility index (Phi) is 66.1. The van der Waals surface area contributed by atoms with Crippen LogP contribution in [0.2, 0.25) is 0 Å². The number of methoxy groups -OCH3 is 1. The van der Waals surface area contributed by atoms with Crippen LogP contribution in [0.5, 0.6) is 0 Å². The average Bonchev–Trinajstić information content (AvgIpc) is 2.47. The predicted molar refractivity (Wildman–Crippen MR) is 80.6 cm³/mol. The van der Waals surface area contributed by atoms with Gasteiger partial charge in [0.2, 0.25) is 0 Å². The number of ether oxygens (including phenoxy) is 3. The van der Waals surface area contributed by atoms with E-state index in [1.54, 1.807) is 21.2 Å². The number of hydrogen-bond acceptors (Lipinski definition) is 9. The summed E-state index contributed by atoms with van der Waals surface area (Å²) in [5.74, 6) is 0. The van der Waals surface area contributed by atoms with Crippen molar-refractivity contribution in [3.8, 4) is 0 Å². The van der Waals surface area contributed by atoms with Gasteiger partial charge in [0.25, 0.3) is 0 Å². The Morgan fingerprint density at radius 2 is 1.29 bits per heavy atom. The highest BCUT2D eigenvalue weighted by molar-refractivity contribution is 4.20. The Balaban J connectivity index is -0.0000000671. The maximum atomic E-state index is 8.07. The summed E-state index contributed by atoms with van der Waals surface area (Å²) in [5, 5.41) is 15.1. The van der Waals surface area contributed by atoms with E-state index in [0.717, 1.165) is 7.11 Å². The van der Waals surface area contributed by atoms with Crippen LogP contribution in [0.1, 0.15) is 7.43 Å². The zero-order chi connectivity index (χ0) is 15.2. The lowest BCUT2D eigenvalue weighted by Crippen LogP contribution is -2.13. The summed E-state index contributed by atoms with van der Waals surface area (Å²) in [6, 6.07) is 0. The lowest BCUT2D eigenvalue weighted by Gasteiger charge is -2.01. The average molecular weight is 323 g/mol. The van der Waals surface area contributed by atoms with Gasteiger partial charge in [-0.25, -0.2) is 11.0 Å². The highest BCUT2D eigenvalue weighted by Crippen LogP contribution is 1.74. The van der Waals surface area contributed by atoms with Gasteiger partial charge in [-0.3, -0.25) is 9.68 Å². The molecule has 0 atom stereocenters. The van der Waals surface area contributed by atoms with E-state index < -0.39 is 0 Å². The topological polar surface area (TPSA) is 144 Å². The second kappa shape index (κ2) is 42.7. The predicted octanol–water partition coefficient (Wildman–Crippen LogP) is -1.82. The molecule has 0 aliphatic heterocycles. The quantitative estimate of drug-likeness (QED) is 0.149. The summed E-state index contributed by atoms with van der Waals surface area (Å²) in [7, 11) is 5.95. The number of hydrogen-bond donors (Lipinski definition) is 4. The first kappa shape index (κ1) is 32.5. The molecule has 0 aromatic heterocycles. The van der Waals surface area contributed by atoms with Crippen molar-refractivity contribution in [2.24, 2.45) is 0 Å². The molecule has 0 aromatic rings. The summed E-state index contributed by atoms with van der Waals surface area (Å²) in [6.07, 6.45) is 0. The van der Waals surface area contributed by atoms with Gasteiger partial charge in [0.1, 0.15) is 13.6 Å². The first-order valence-electron chi connectivity index (χ1n) is 5.60. The number of rotatable bonds is 11. The summed E-state index contributed by atoms with van der Waals surface area (Å²) >= 11 is 0. The molecule has 21 heavy (non-hydrogen) atoms. The van der Waals surface area contributed by atoms with Crippen molar-refractivity contribution in [2.45, 2.75) is 7.43 Å². The SMILES string of the molecule is C.CNOCCOCO.CNOCCOCOC.CO.[OH3+]. The summed E-state index contributed by atoms with van der Waals surface area (Å²) < 4.78 is 14.0. The third-order valence-corrected chi connectivity index (χ3v) is 1.24. The molecular formula is C11H35N2O8+. The largest absolute Gasteiger partial charge is 0.457 e. The first-order valence-corrected chi connectivity index (χ1v) is 5.60. The Labute approximate surface area is 127 Å². The minimum absolute atomic E-state index is 0. The van der Waals surface area contributed by atoms with Crippen molar-refractivity contribution in [3.63, 3.8) is 0 Å². The molecule has 0 aliphatic rings. The van der Waals surface area contributed by atoms with Gasteiger partial charge in [0.05, 0.1) is 26.4 Å². The van der Waals surface area contributed by atoms with Crippen LogP contribution < -0.4 is 11.0 Å². The molecular weight excluding hydrogens is 288 g/mol. The van der Waals surface area contributed by atoms with Crippen molar-refractivity contribution in [2.75, 3.05) is 68.3 Å². The van der Waals surface area contributed by atoms with Crippen LogP contribution in [0.4, 0.5) is 0 Å². The molecule has 0 aliphatic carbocycles. The molecule has 136 valence electrons.